The van der Waals surface area contributed by atoms with Crippen molar-refractivity contribution in [2.75, 3.05) is 38.7 Å². The summed E-state index contributed by atoms with van der Waals surface area (Å²) in [5.74, 6) is 0. The molecule has 112 valence electrons. The first-order chi connectivity index (χ1) is 9.61. The molecule has 6 nitrogen and oxygen atoms in total. The third kappa shape index (κ3) is 3.71. The molecule has 1 aromatic heterocycles. The molecule has 0 bridgehead atoms. The van der Waals surface area contributed by atoms with Crippen molar-refractivity contribution in [3.8, 4) is 0 Å². The Hall–Kier alpha value is -1.11. The van der Waals surface area contributed by atoms with E-state index in [1.165, 1.54) is 4.68 Å². The lowest BCUT2D eigenvalue weighted by Gasteiger charge is -2.33. The number of aryl methyl sites for hydroxylation is 1. The second-order valence-corrected chi connectivity index (χ2v) is 5.53. The van der Waals surface area contributed by atoms with Gasteiger partial charge in [0.25, 0.3) is 5.56 Å². The number of aromatic nitrogens is 2. The summed E-state index contributed by atoms with van der Waals surface area (Å²) in [5.41, 5.74) is 3.56. The van der Waals surface area contributed by atoms with Gasteiger partial charge in [-0.3, -0.25) is 4.79 Å². The average Bonchev–Trinajstić information content (AvgIpc) is 2.45. The van der Waals surface area contributed by atoms with Gasteiger partial charge in [0.05, 0.1) is 11.9 Å². The van der Waals surface area contributed by atoms with Crippen molar-refractivity contribution in [2.45, 2.75) is 26.3 Å². The second-order valence-electron chi connectivity index (χ2n) is 5.16. The third-order valence-corrected chi connectivity index (χ3v) is 3.86. The van der Waals surface area contributed by atoms with Crippen LogP contribution in [0.2, 0.25) is 5.02 Å². The predicted molar refractivity (Wildman–Crippen MR) is 81.1 cm³/mol. The number of unbranched alkanes of at least 4 members (excludes halogenated alkanes) is 1. The van der Waals surface area contributed by atoms with E-state index >= 15 is 0 Å². The molecule has 0 spiro atoms. The van der Waals surface area contributed by atoms with E-state index in [1.807, 2.05) is 0 Å². The molecule has 1 N–H and O–H groups in total. The number of hydrogen-bond donors (Lipinski definition) is 1. The van der Waals surface area contributed by atoms with Gasteiger partial charge in [0, 0.05) is 32.7 Å². The van der Waals surface area contributed by atoms with E-state index in [0.29, 0.717) is 12.2 Å². The van der Waals surface area contributed by atoms with Crippen molar-refractivity contribution in [3.05, 3.63) is 21.6 Å². The van der Waals surface area contributed by atoms with E-state index in [-0.39, 0.29) is 10.6 Å². The van der Waals surface area contributed by atoms with Gasteiger partial charge in [0.15, 0.2) is 0 Å². The Balaban J connectivity index is 2.05. The number of rotatable bonds is 5. The maximum absolute atomic E-state index is 12.1. The van der Waals surface area contributed by atoms with Crippen molar-refractivity contribution in [1.82, 2.24) is 19.7 Å². The Bertz CT molecular complexity index is 496. The van der Waals surface area contributed by atoms with Gasteiger partial charge in [-0.25, -0.2) is 9.69 Å². The van der Waals surface area contributed by atoms with Crippen LogP contribution in [0.1, 0.15) is 19.8 Å². The molecule has 2 heterocycles. The standard InChI is InChI=1S/C13H22ClN5O/c1-3-4-5-19-13(20)12(14)11(10-15-19)16-18-8-6-17(2)7-9-18/h10,16H,3-9H2,1-2H3. The maximum atomic E-state index is 12.1. The smallest absolute Gasteiger partial charge is 0.287 e. The number of nitrogens with zero attached hydrogens (tertiary/aromatic N) is 4. The van der Waals surface area contributed by atoms with Crippen molar-refractivity contribution < 1.29 is 0 Å². The number of halogens is 1. The molecule has 1 aromatic rings. The van der Waals surface area contributed by atoms with Crippen LogP contribution in [0, 0.1) is 0 Å². The number of piperazine rings is 1. The summed E-state index contributed by atoms with van der Waals surface area (Å²) in [7, 11) is 2.10. The summed E-state index contributed by atoms with van der Waals surface area (Å²) in [5, 5.41) is 6.46. The SMILES string of the molecule is CCCCn1ncc(NN2CCN(C)CC2)c(Cl)c1=O. The first-order valence-corrected chi connectivity index (χ1v) is 7.45. The number of nitrogens with one attached hydrogen (secondary N) is 1. The lowest BCUT2D eigenvalue weighted by atomic mass is 10.3. The summed E-state index contributed by atoms with van der Waals surface area (Å²) in [6.07, 6.45) is 3.58. The number of hydrogen-bond acceptors (Lipinski definition) is 5. The molecule has 2 rings (SSSR count). The molecular weight excluding hydrogens is 278 g/mol. The van der Waals surface area contributed by atoms with Gasteiger partial charge >= 0.3 is 0 Å². The summed E-state index contributed by atoms with van der Waals surface area (Å²) < 4.78 is 1.43. The number of hydrazine groups is 1. The van der Waals surface area contributed by atoms with Gasteiger partial charge < -0.3 is 10.3 Å². The summed E-state index contributed by atoms with van der Waals surface area (Å²) in [4.78, 5) is 14.4. The highest BCUT2D eigenvalue weighted by molar-refractivity contribution is 6.32. The van der Waals surface area contributed by atoms with Crippen LogP contribution in [-0.4, -0.2) is 52.9 Å². The lowest BCUT2D eigenvalue weighted by Crippen LogP contribution is -2.47. The monoisotopic (exact) mass is 299 g/mol. The molecule has 1 aliphatic rings. The summed E-state index contributed by atoms with van der Waals surface area (Å²) in [6, 6.07) is 0. The Labute approximate surface area is 124 Å². The van der Waals surface area contributed by atoms with Gasteiger partial charge in [-0.05, 0) is 13.5 Å². The van der Waals surface area contributed by atoms with Gasteiger partial charge in [-0.2, -0.15) is 5.10 Å². The zero-order valence-corrected chi connectivity index (χ0v) is 12.9. The first-order valence-electron chi connectivity index (χ1n) is 7.07. The van der Waals surface area contributed by atoms with Crippen LogP contribution < -0.4 is 11.0 Å². The fraction of sp³-hybridized carbons (Fsp3) is 0.692. The second kappa shape index (κ2) is 7.06. The minimum Gasteiger partial charge on any atom is -0.316 e. The van der Waals surface area contributed by atoms with Crippen LogP contribution in [-0.2, 0) is 6.54 Å². The topological polar surface area (TPSA) is 53.4 Å². The number of likely N-dealkylation sites (N-methyl/N-ethyl adjacent to an activating group) is 1. The van der Waals surface area contributed by atoms with E-state index in [9.17, 15) is 4.79 Å². The Morgan fingerprint density at radius 1 is 1.35 bits per heavy atom. The fourth-order valence-corrected chi connectivity index (χ4v) is 2.29. The average molecular weight is 300 g/mol. The number of anilines is 1. The van der Waals surface area contributed by atoms with Crippen molar-refractivity contribution in [2.24, 2.45) is 0 Å². The maximum Gasteiger partial charge on any atom is 0.287 e. The lowest BCUT2D eigenvalue weighted by molar-refractivity contribution is 0.179. The highest BCUT2D eigenvalue weighted by Gasteiger charge is 2.16. The van der Waals surface area contributed by atoms with Crippen LogP contribution in [0.15, 0.2) is 11.0 Å². The van der Waals surface area contributed by atoms with Gasteiger partial charge in [0.2, 0.25) is 0 Å². The van der Waals surface area contributed by atoms with Crippen molar-refractivity contribution >= 4 is 17.3 Å². The van der Waals surface area contributed by atoms with Crippen LogP contribution in [0.5, 0.6) is 0 Å². The highest BCUT2D eigenvalue weighted by atomic mass is 35.5. The fourth-order valence-electron chi connectivity index (χ4n) is 2.10. The molecule has 0 unspecified atom stereocenters. The summed E-state index contributed by atoms with van der Waals surface area (Å²) in [6.45, 7) is 6.47. The predicted octanol–water partition coefficient (Wildman–Crippen LogP) is 1.27. The van der Waals surface area contributed by atoms with E-state index < -0.39 is 0 Å². The zero-order valence-electron chi connectivity index (χ0n) is 12.1. The molecule has 0 aromatic carbocycles. The van der Waals surface area contributed by atoms with Crippen LogP contribution >= 0.6 is 11.6 Å². The molecular formula is C13H22ClN5O. The molecule has 0 radical (unpaired) electrons. The highest BCUT2D eigenvalue weighted by Crippen LogP contribution is 2.16. The molecule has 0 amide bonds. The molecule has 7 heteroatoms. The van der Waals surface area contributed by atoms with Crippen molar-refractivity contribution in [3.63, 3.8) is 0 Å². The minimum atomic E-state index is -0.223. The van der Waals surface area contributed by atoms with Crippen LogP contribution in [0.3, 0.4) is 0 Å². The van der Waals surface area contributed by atoms with E-state index in [2.05, 4.69) is 34.4 Å². The quantitative estimate of drug-likeness (QED) is 0.887. The third-order valence-electron chi connectivity index (χ3n) is 3.49. The molecule has 1 fully saturated rings. The van der Waals surface area contributed by atoms with E-state index in [0.717, 1.165) is 39.0 Å². The summed E-state index contributed by atoms with van der Waals surface area (Å²) >= 11 is 6.15. The molecule has 1 aliphatic heterocycles. The van der Waals surface area contributed by atoms with Gasteiger partial charge in [-0.15, -0.1) is 0 Å². The molecule has 0 atom stereocenters. The molecule has 20 heavy (non-hydrogen) atoms. The first kappa shape index (κ1) is 15.3. The molecule has 0 aliphatic carbocycles. The molecule has 0 saturated carbocycles. The van der Waals surface area contributed by atoms with Crippen molar-refractivity contribution in [1.29, 1.82) is 0 Å². The largest absolute Gasteiger partial charge is 0.316 e. The van der Waals surface area contributed by atoms with E-state index in [1.54, 1.807) is 6.20 Å². The Kier molecular flexibility index (Phi) is 5.39. The Morgan fingerprint density at radius 2 is 2.05 bits per heavy atom. The van der Waals surface area contributed by atoms with Gasteiger partial charge in [0.1, 0.15) is 5.02 Å². The molecule has 1 saturated heterocycles. The van der Waals surface area contributed by atoms with Crippen LogP contribution in [0.4, 0.5) is 5.69 Å². The Morgan fingerprint density at radius 3 is 2.70 bits per heavy atom. The normalized spacial score (nSPS) is 17.4. The zero-order chi connectivity index (χ0) is 14.5. The van der Waals surface area contributed by atoms with E-state index in [4.69, 9.17) is 11.6 Å². The van der Waals surface area contributed by atoms with Gasteiger partial charge in [-0.1, -0.05) is 24.9 Å². The minimum absolute atomic E-state index is 0.218. The van der Waals surface area contributed by atoms with Crippen LogP contribution in [0.25, 0.3) is 0 Å².